The zero-order valence-corrected chi connectivity index (χ0v) is 11.6. The average Bonchev–Trinajstić information content (AvgIpc) is 2.46. The lowest BCUT2D eigenvalue weighted by Gasteiger charge is -2.07. The molecule has 0 atom stereocenters. The molecule has 0 aliphatic carbocycles. The minimum atomic E-state index is 0.131. The first-order valence-corrected chi connectivity index (χ1v) is 6.68. The van der Waals surface area contributed by atoms with Crippen LogP contribution in [0.1, 0.15) is 6.92 Å². The van der Waals surface area contributed by atoms with E-state index in [1.807, 2.05) is 49.4 Å². The molecular formula is C15H12ClN3O. The number of rotatable bonds is 3. The third-order valence-corrected chi connectivity index (χ3v) is 3.06. The highest BCUT2D eigenvalue weighted by Gasteiger charge is 2.10. The second-order valence-electron chi connectivity index (χ2n) is 4.17. The van der Waals surface area contributed by atoms with Crippen LogP contribution in [0.3, 0.4) is 0 Å². The van der Waals surface area contributed by atoms with Crippen LogP contribution in [0.15, 0.2) is 42.5 Å². The Balaban J connectivity index is 2.20. The standard InChI is InChI=1S/C15H12ClN3O/c1-2-20-15-18-13(17-14(16)19-15)12-9-5-7-10-6-3-4-8-11(10)12/h3-9H,2H2,1H3. The molecule has 0 N–H and O–H groups in total. The van der Waals surface area contributed by atoms with E-state index in [0.29, 0.717) is 12.4 Å². The molecule has 20 heavy (non-hydrogen) atoms. The van der Waals surface area contributed by atoms with Crippen molar-refractivity contribution in [2.24, 2.45) is 0 Å². The van der Waals surface area contributed by atoms with Gasteiger partial charge in [-0.25, -0.2) is 0 Å². The van der Waals surface area contributed by atoms with Gasteiger partial charge in [-0.2, -0.15) is 15.0 Å². The first-order valence-electron chi connectivity index (χ1n) is 6.30. The van der Waals surface area contributed by atoms with E-state index in [-0.39, 0.29) is 11.3 Å². The molecule has 1 aromatic heterocycles. The Morgan fingerprint density at radius 1 is 1.00 bits per heavy atom. The summed E-state index contributed by atoms with van der Waals surface area (Å²) >= 11 is 5.94. The van der Waals surface area contributed by atoms with E-state index >= 15 is 0 Å². The number of nitrogens with zero attached hydrogens (tertiary/aromatic N) is 3. The molecule has 2 aromatic carbocycles. The molecule has 0 radical (unpaired) electrons. The summed E-state index contributed by atoms with van der Waals surface area (Å²) < 4.78 is 5.31. The normalized spacial score (nSPS) is 10.7. The van der Waals surface area contributed by atoms with Crippen LogP contribution in [0.25, 0.3) is 22.2 Å². The van der Waals surface area contributed by atoms with Crippen molar-refractivity contribution in [1.29, 1.82) is 0 Å². The Morgan fingerprint density at radius 2 is 1.80 bits per heavy atom. The van der Waals surface area contributed by atoms with Crippen molar-refractivity contribution in [3.63, 3.8) is 0 Å². The summed E-state index contributed by atoms with van der Waals surface area (Å²) in [5.74, 6) is 0.519. The fraction of sp³-hybridized carbons (Fsp3) is 0.133. The highest BCUT2D eigenvalue weighted by molar-refractivity contribution is 6.28. The number of fused-ring (bicyclic) bond motifs is 1. The van der Waals surface area contributed by atoms with Crippen molar-refractivity contribution in [3.8, 4) is 17.4 Å². The SMILES string of the molecule is CCOc1nc(Cl)nc(-c2cccc3ccccc23)n1. The van der Waals surface area contributed by atoms with Gasteiger partial charge in [0.1, 0.15) is 0 Å². The maximum atomic E-state index is 5.94. The van der Waals surface area contributed by atoms with Gasteiger partial charge in [0.15, 0.2) is 5.82 Å². The lowest BCUT2D eigenvalue weighted by atomic mass is 10.0. The zero-order valence-electron chi connectivity index (χ0n) is 10.9. The average molecular weight is 286 g/mol. The summed E-state index contributed by atoms with van der Waals surface area (Å²) in [6.07, 6.45) is 0. The third-order valence-electron chi connectivity index (χ3n) is 2.89. The molecule has 0 bridgehead atoms. The highest BCUT2D eigenvalue weighted by atomic mass is 35.5. The van der Waals surface area contributed by atoms with Gasteiger partial charge in [-0.15, -0.1) is 0 Å². The fourth-order valence-electron chi connectivity index (χ4n) is 2.07. The van der Waals surface area contributed by atoms with Gasteiger partial charge < -0.3 is 4.74 Å². The monoisotopic (exact) mass is 285 g/mol. The molecule has 0 saturated heterocycles. The van der Waals surface area contributed by atoms with Crippen molar-refractivity contribution in [2.45, 2.75) is 6.92 Å². The quantitative estimate of drug-likeness (QED) is 0.735. The molecule has 3 rings (SSSR count). The van der Waals surface area contributed by atoms with Crippen molar-refractivity contribution < 1.29 is 4.74 Å². The summed E-state index contributed by atoms with van der Waals surface area (Å²) in [4.78, 5) is 12.5. The Morgan fingerprint density at radius 3 is 2.65 bits per heavy atom. The van der Waals surface area contributed by atoms with Gasteiger partial charge in [0, 0.05) is 5.56 Å². The molecule has 3 aromatic rings. The maximum Gasteiger partial charge on any atom is 0.321 e. The van der Waals surface area contributed by atoms with Gasteiger partial charge in [0.25, 0.3) is 0 Å². The molecule has 4 nitrogen and oxygen atoms in total. The van der Waals surface area contributed by atoms with Crippen molar-refractivity contribution in [3.05, 3.63) is 47.7 Å². The molecule has 0 fully saturated rings. The molecule has 1 heterocycles. The molecule has 0 unspecified atom stereocenters. The number of hydrogen-bond donors (Lipinski definition) is 0. The Hall–Kier alpha value is -2.20. The van der Waals surface area contributed by atoms with E-state index in [0.717, 1.165) is 16.3 Å². The predicted octanol–water partition coefficient (Wildman–Crippen LogP) is 3.74. The van der Waals surface area contributed by atoms with Gasteiger partial charge in [-0.1, -0.05) is 42.5 Å². The Labute approximate surface area is 121 Å². The molecule has 0 spiro atoms. The minimum Gasteiger partial charge on any atom is -0.464 e. The van der Waals surface area contributed by atoms with Crippen LogP contribution in [0, 0.1) is 0 Å². The van der Waals surface area contributed by atoms with E-state index in [2.05, 4.69) is 15.0 Å². The smallest absolute Gasteiger partial charge is 0.321 e. The molecule has 100 valence electrons. The first-order chi connectivity index (χ1) is 9.78. The van der Waals surface area contributed by atoms with Crippen molar-refractivity contribution >= 4 is 22.4 Å². The summed E-state index contributed by atoms with van der Waals surface area (Å²) in [7, 11) is 0. The highest BCUT2D eigenvalue weighted by Crippen LogP contribution is 2.27. The van der Waals surface area contributed by atoms with Crippen LogP contribution in [0.2, 0.25) is 5.28 Å². The Kier molecular flexibility index (Phi) is 3.48. The van der Waals surface area contributed by atoms with Crippen LogP contribution in [-0.4, -0.2) is 21.6 Å². The van der Waals surface area contributed by atoms with Crippen molar-refractivity contribution in [2.75, 3.05) is 6.61 Å². The summed E-state index contributed by atoms with van der Waals surface area (Å²) in [6.45, 7) is 2.35. The zero-order chi connectivity index (χ0) is 13.9. The molecule has 0 saturated carbocycles. The van der Waals surface area contributed by atoms with E-state index in [4.69, 9.17) is 16.3 Å². The van der Waals surface area contributed by atoms with Crippen molar-refractivity contribution in [1.82, 2.24) is 15.0 Å². The molecule has 0 amide bonds. The lowest BCUT2D eigenvalue weighted by molar-refractivity contribution is 0.312. The number of hydrogen-bond acceptors (Lipinski definition) is 4. The van der Waals surface area contributed by atoms with Gasteiger partial charge in [-0.3, -0.25) is 0 Å². The van der Waals surface area contributed by atoms with E-state index in [9.17, 15) is 0 Å². The second kappa shape index (κ2) is 5.43. The molecular weight excluding hydrogens is 274 g/mol. The van der Waals surface area contributed by atoms with Gasteiger partial charge in [0.2, 0.25) is 5.28 Å². The summed E-state index contributed by atoms with van der Waals surface area (Å²) in [5.41, 5.74) is 0.911. The number of ether oxygens (including phenoxy) is 1. The fourth-order valence-corrected chi connectivity index (χ4v) is 2.22. The van der Waals surface area contributed by atoms with Gasteiger partial charge in [0.05, 0.1) is 6.61 Å². The first kappa shape index (κ1) is 12.8. The van der Waals surface area contributed by atoms with Crippen LogP contribution in [-0.2, 0) is 0 Å². The van der Waals surface area contributed by atoms with E-state index in [1.165, 1.54) is 0 Å². The molecule has 5 heteroatoms. The predicted molar refractivity (Wildman–Crippen MR) is 78.9 cm³/mol. The van der Waals surface area contributed by atoms with Crippen LogP contribution in [0.4, 0.5) is 0 Å². The summed E-state index contributed by atoms with van der Waals surface area (Å²) in [5, 5.41) is 2.32. The molecule has 0 aliphatic heterocycles. The number of benzene rings is 2. The number of aromatic nitrogens is 3. The Bertz CT molecular complexity index is 756. The van der Waals surface area contributed by atoms with E-state index < -0.39 is 0 Å². The minimum absolute atomic E-state index is 0.131. The van der Waals surface area contributed by atoms with Crippen LogP contribution in [0.5, 0.6) is 6.01 Å². The largest absolute Gasteiger partial charge is 0.464 e. The van der Waals surface area contributed by atoms with Gasteiger partial charge >= 0.3 is 6.01 Å². The topological polar surface area (TPSA) is 47.9 Å². The number of halogens is 1. The summed E-state index contributed by atoms with van der Waals surface area (Å²) in [6, 6.07) is 14.3. The third kappa shape index (κ3) is 2.42. The van der Waals surface area contributed by atoms with Gasteiger partial charge in [-0.05, 0) is 29.3 Å². The van der Waals surface area contributed by atoms with Crippen LogP contribution < -0.4 is 4.74 Å². The lowest BCUT2D eigenvalue weighted by Crippen LogP contribution is -2.01. The second-order valence-corrected chi connectivity index (χ2v) is 4.51. The van der Waals surface area contributed by atoms with Crippen LogP contribution >= 0.6 is 11.6 Å². The molecule has 0 aliphatic rings. The maximum absolute atomic E-state index is 5.94. The van der Waals surface area contributed by atoms with E-state index in [1.54, 1.807) is 0 Å².